The lowest BCUT2D eigenvalue weighted by Crippen LogP contribution is -2.46. The Balaban J connectivity index is 0.00000208. The molecule has 1 N–H and O–H groups in total. The van der Waals surface area contributed by atoms with E-state index in [2.05, 4.69) is 34.1 Å². The standard InChI is InChI=1S/C18H19ClN2O2.ClH/c19-15-6-7-17(16(12-15)18(22)23)21-10-8-20(9-11-21)13-14-4-2-1-3-5-14;/h1-7,12H,8-11,13H2,(H,22,23);1H. The second-order valence-electron chi connectivity index (χ2n) is 5.72. The first-order valence-electron chi connectivity index (χ1n) is 7.67. The van der Waals surface area contributed by atoms with E-state index < -0.39 is 5.97 Å². The highest BCUT2D eigenvalue weighted by atomic mass is 35.5. The van der Waals surface area contributed by atoms with Crippen LogP contribution in [-0.4, -0.2) is 42.2 Å². The van der Waals surface area contributed by atoms with Gasteiger partial charge in [-0.2, -0.15) is 0 Å². The maximum absolute atomic E-state index is 11.4. The normalized spacial score (nSPS) is 15.0. The summed E-state index contributed by atoms with van der Waals surface area (Å²) >= 11 is 5.92. The smallest absolute Gasteiger partial charge is 0.337 e. The van der Waals surface area contributed by atoms with Gasteiger partial charge in [0.2, 0.25) is 0 Å². The van der Waals surface area contributed by atoms with Gasteiger partial charge in [-0.1, -0.05) is 41.9 Å². The van der Waals surface area contributed by atoms with Crippen LogP contribution in [0, 0.1) is 0 Å². The molecule has 6 heteroatoms. The molecule has 0 spiro atoms. The fourth-order valence-electron chi connectivity index (χ4n) is 2.94. The molecule has 0 aromatic heterocycles. The van der Waals surface area contributed by atoms with Gasteiger partial charge in [0.05, 0.1) is 11.3 Å². The van der Waals surface area contributed by atoms with Gasteiger partial charge in [-0.15, -0.1) is 12.4 Å². The van der Waals surface area contributed by atoms with Gasteiger partial charge in [0, 0.05) is 37.7 Å². The van der Waals surface area contributed by atoms with E-state index in [1.54, 1.807) is 12.1 Å². The predicted molar refractivity (Wildman–Crippen MR) is 99.6 cm³/mol. The molecule has 2 aromatic carbocycles. The van der Waals surface area contributed by atoms with Crippen LogP contribution in [0.3, 0.4) is 0 Å². The molecular weight excluding hydrogens is 347 g/mol. The average Bonchev–Trinajstić information content (AvgIpc) is 2.56. The molecule has 1 fully saturated rings. The Morgan fingerprint density at radius 1 is 1.04 bits per heavy atom. The minimum Gasteiger partial charge on any atom is -0.478 e. The summed E-state index contributed by atoms with van der Waals surface area (Å²) in [5.74, 6) is -0.936. The zero-order valence-electron chi connectivity index (χ0n) is 13.2. The first-order valence-corrected chi connectivity index (χ1v) is 8.05. The van der Waals surface area contributed by atoms with Crippen LogP contribution < -0.4 is 4.90 Å². The van der Waals surface area contributed by atoms with Crippen LogP contribution in [0.4, 0.5) is 5.69 Å². The van der Waals surface area contributed by atoms with Gasteiger partial charge in [-0.25, -0.2) is 4.79 Å². The van der Waals surface area contributed by atoms with Crippen LogP contribution >= 0.6 is 24.0 Å². The van der Waals surface area contributed by atoms with Gasteiger partial charge in [0.1, 0.15) is 0 Å². The third kappa shape index (κ3) is 4.41. The van der Waals surface area contributed by atoms with E-state index in [1.807, 2.05) is 6.07 Å². The van der Waals surface area contributed by atoms with Crippen molar-refractivity contribution < 1.29 is 9.90 Å². The number of carboxylic acids is 1. The SMILES string of the molecule is Cl.O=C(O)c1cc(Cl)ccc1N1CCN(Cc2ccccc2)CC1. The fraction of sp³-hybridized carbons (Fsp3) is 0.278. The van der Waals surface area contributed by atoms with Gasteiger partial charge in [-0.05, 0) is 23.8 Å². The van der Waals surface area contributed by atoms with Gasteiger partial charge < -0.3 is 10.0 Å². The van der Waals surface area contributed by atoms with Crippen molar-refractivity contribution >= 4 is 35.7 Å². The molecule has 1 heterocycles. The van der Waals surface area contributed by atoms with Crippen LogP contribution in [0.1, 0.15) is 15.9 Å². The minimum atomic E-state index is -0.936. The molecule has 1 saturated heterocycles. The van der Waals surface area contributed by atoms with E-state index in [0.717, 1.165) is 38.4 Å². The predicted octanol–water partition coefficient (Wildman–Crippen LogP) is 3.78. The summed E-state index contributed by atoms with van der Waals surface area (Å²) in [5.41, 5.74) is 2.33. The largest absolute Gasteiger partial charge is 0.478 e. The van der Waals surface area contributed by atoms with Crippen molar-refractivity contribution in [1.82, 2.24) is 4.90 Å². The summed E-state index contributed by atoms with van der Waals surface area (Å²) in [6.45, 7) is 4.39. The van der Waals surface area contributed by atoms with Crippen molar-refractivity contribution in [3.63, 3.8) is 0 Å². The Kier molecular flexibility index (Phi) is 6.49. The number of hydrogen-bond acceptors (Lipinski definition) is 3. The lowest BCUT2D eigenvalue weighted by Gasteiger charge is -2.36. The van der Waals surface area contributed by atoms with Crippen LogP contribution in [0.25, 0.3) is 0 Å². The highest BCUT2D eigenvalue weighted by Gasteiger charge is 2.21. The summed E-state index contributed by atoms with van der Waals surface area (Å²) in [4.78, 5) is 15.9. The van der Waals surface area contributed by atoms with E-state index in [1.165, 1.54) is 11.6 Å². The Hall–Kier alpha value is -1.75. The van der Waals surface area contributed by atoms with Gasteiger partial charge in [0.15, 0.2) is 0 Å². The maximum Gasteiger partial charge on any atom is 0.337 e. The maximum atomic E-state index is 11.4. The summed E-state index contributed by atoms with van der Waals surface area (Å²) in [6.07, 6.45) is 0. The fourth-order valence-corrected chi connectivity index (χ4v) is 3.12. The molecule has 2 aromatic rings. The number of aromatic carboxylic acids is 1. The van der Waals surface area contributed by atoms with E-state index in [9.17, 15) is 9.90 Å². The summed E-state index contributed by atoms with van der Waals surface area (Å²) in [6, 6.07) is 15.5. The number of carbonyl (C=O) groups is 1. The zero-order valence-corrected chi connectivity index (χ0v) is 14.8. The number of halogens is 2. The summed E-state index contributed by atoms with van der Waals surface area (Å²) in [7, 11) is 0. The van der Waals surface area contributed by atoms with Crippen molar-refractivity contribution in [3.8, 4) is 0 Å². The third-order valence-electron chi connectivity index (χ3n) is 4.15. The molecule has 0 saturated carbocycles. The molecule has 0 atom stereocenters. The second kappa shape index (κ2) is 8.38. The van der Waals surface area contributed by atoms with Crippen molar-refractivity contribution in [2.75, 3.05) is 31.1 Å². The highest BCUT2D eigenvalue weighted by Crippen LogP contribution is 2.25. The molecule has 0 radical (unpaired) electrons. The van der Waals surface area contributed by atoms with Crippen molar-refractivity contribution in [2.24, 2.45) is 0 Å². The molecule has 4 nitrogen and oxygen atoms in total. The lowest BCUT2D eigenvalue weighted by molar-refractivity contribution is 0.0697. The van der Waals surface area contributed by atoms with Crippen molar-refractivity contribution in [2.45, 2.75) is 6.54 Å². The molecule has 1 aliphatic rings. The quantitative estimate of drug-likeness (QED) is 0.893. The third-order valence-corrected chi connectivity index (χ3v) is 4.39. The van der Waals surface area contributed by atoms with Gasteiger partial charge in [0.25, 0.3) is 0 Å². The molecule has 128 valence electrons. The van der Waals surface area contributed by atoms with Crippen molar-refractivity contribution in [3.05, 3.63) is 64.7 Å². The van der Waals surface area contributed by atoms with Crippen LogP contribution in [-0.2, 0) is 6.54 Å². The Morgan fingerprint density at radius 3 is 2.33 bits per heavy atom. The Labute approximate surface area is 153 Å². The van der Waals surface area contributed by atoms with E-state index >= 15 is 0 Å². The molecule has 0 unspecified atom stereocenters. The molecule has 0 aliphatic carbocycles. The molecule has 24 heavy (non-hydrogen) atoms. The average molecular weight is 367 g/mol. The number of rotatable bonds is 4. The number of piperazine rings is 1. The monoisotopic (exact) mass is 366 g/mol. The van der Waals surface area contributed by atoms with Gasteiger partial charge in [-0.3, -0.25) is 4.90 Å². The first kappa shape index (κ1) is 18.6. The number of hydrogen-bond donors (Lipinski definition) is 1. The van der Waals surface area contributed by atoms with E-state index in [0.29, 0.717) is 5.02 Å². The minimum absolute atomic E-state index is 0. The van der Waals surface area contributed by atoms with Crippen LogP contribution in [0.15, 0.2) is 48.5 Å². The number of benzene rings is 2. The molecule has 3 rings (SSSR count). The Bertz CT molecular complexity index is 687. The molecular formula is C18H20Cl2N2O2. The van der Waals surface area contributed by atoms with E-state index in [-0.39, 0.29) is 18.0 Å². The summed E-state index contributed by atoms with van der Waals surface area (Å²) < 4.78 is 0. The molecule has 0 amide bonds. The van der Waals surface area contributed by atoms with E-state index in [4.69, 9.17) is 11.6 Å². The van der Waals surface area contributed by atoms with Crippen LogP contribution in [0.2, 0.25) is 5.02 Å². The second-order valence-corrected chi connectivity index (χ2v) is 6.15. The molecule has 1 aliphatic heterocycles. The van der Waals surface area contributed by atoms with Gasteiger partial charge >= 0.3 is 5.97 Å². The number of carboxylic acid groups (broad SMARTS) is 1. The first-order chi connectivity index (χ1) is 11.1. The van der Waals surface area contributed by atoms with Crippen molar-refractivity contribution in [1.29, 1.82) is 0 Å². The lowest BCUT2D eigenvalue weighted by atomic mass is 10.1. The highest BCUT2D eigenvalue weighted by molar-refractivity contribution is 6.31. The zero-order chi connectivity index (χ0) is 16.2. The number of anilines is 1. The Morgan fingerprint density at radius 2 is 1.71 bits per heavy atom. The topological polar surface area (TPSA) is 43.8 Å². The summed E-state index contributed by atoms with van der Waals surface area (Å²) in [5, 5.41) is 9.82. The molecule has 0 bridgehead atoms. The van der Waals surface area contributed by atoms with Crippen LogP contribution in [0.5, 0.6) is 0 Å². The number of nitrogens with zero attached hydrogens (tertiary/aromatic N) is 2.